The number of amides is 1. The van der Waals surface area contributed by atoms with Crippen molar-refractivity contribution in [3.8, 4) is 0 Å². The van der Waals surface area contributed by atoms with Crippen LogP contribution < -0.4 is 11.1 Å². The van der Waals surface area contributed by atoms with Gasteiger partial charge < -0.3 is 11.1 Å². The fraction of sp³-hybridized carbons (Fsp3) is 0.0714. The van der Waals surface area contributed by atoms with Crippen LogP contribution >= 0.6 is 0 Å². The first kappa shape index (κ1) is 14.4. The summed E-state index contributed by atoms with van der Waals surface area (Å²) in [4.78, 5) is 22.4. The Hall–Kier alpha value is -2.96. The van der Waals surface area contributed by atoms with Gasteiger partial charge in [0.25, 0.3) is 5.91 Å². The van der Waals surface area contributed by atoms with E-state index in [0.717, 1.165) is 6.07 Å². The SMILES string of the molecule is Cc1ccc(F)cc1NC(=O)c1cccc(N)c1[N+](=O)[O-]. The molecule has 0 aromatic heterocycles. The number of carbonyl (C=O) groups is 1. The third kappa shape index (κ3) is 2.97. The molecule has 0 aliphatic carbocycles. The van der Waals surface area contributed by atoms with E-state index in [9.17, 15) is 19.3 Å². The number of para-hydroxylation sites is 1. The molecule has 3 N–H and O–H groups in total. The van der Waals surface area contributed by atoms with Crippen LogP contribution in [0.2, 0.25) is 0 Å². The van der Waals surface area contributed by atoms with Crippen molar-refractivity contribution in [2.24, 2.45) is 0 Å². The number of nitro benzene ring substituents is 1. The van der Waals surface area contributed by atoms with E-state index in [4.69, 9.17) is 5.73 Å². The zero-order valence-corrected chi connectivity index (χ0v) is 11.1. The summed E-state index contributed by atoms with van der Waals surface area (Å²) in [5.74, 6) is -1.24. The number of halogens is 1. The number of nitrogen functional groups attached to an aromatic ring is 1. The minimum absolute atomic E-state index is 0.108. The molecule has 0 saturated heterocycles. The highest BCUT2D eigenvalue weighted by Gasteiger charge is 2.23. The van der Waals surface area contributed by atoms with Gasteiger partial charge >= 0.3 is 5.69 Å². The van der Waals surface area contributed by atoms with Gasteiger partial charge in [0.15, 0.2) is 0 Å². The number of hydrogen-bond donors (Lipinski definition) is 2. The van der Waals surface area contributed by atoms with Crippen molar-refractivity contribution in [1.82, 2.24) is 0 Å². The fourth-order valence-corrected chi connectivity index (χ4v) is 1.87. The lowest BCUT2D eigenvalue weighted by Crippen LogP contribution is -2.15. The first-order valence-corrected chi connectivity index (χ1v) is 6.00. The molecule has 0 aliphatic heterocycles. The Morgan fingerprint density at radius 3 is 2.71 bits per heavy atom. The molecule has 0 aliphatic rings. The number of carbonyl (C=O) groups excluding carboxylic acids is 1. The Balaban J connectivity index is 2.40. The largest absolute Gasteiger partial charge is 0.393 e. The predicted octanol–water partition coefficient (Wildman–Crippen LogP) is 2.88. The molecule has 0 fully saturated rings. The zero-order chi connectivity index (χ0) is 15.6. The van der Waals surface area contributed by atoms with E-state index in [1.54, 1.807) is 6.92 Å². The van der Waals surface area contributed by atoms with Crippen molar-refractivity contribution in [2.45, 2.75) is 6.92 Å². The molecule has 2 aromatic rings. The van der Waals surface area contributed by atoms with Gasteiger partial charge in [-0.2, -0.15) is 0 Å². The number of anilines is 2. The Morgan fingerprint density at radius 1 is 1.33 bits per heavy atom. The first-order chi connectivity index (χ1) is 9.90. The van der Waals surface area contributed by atoms with Crippen molar-refractivity contribution in [3.05, 3.63) is 63.5 Å². The van der Waals surface area contributed by atoms with Gasteiger partial charge in [0.05, 0.1) is 4.92 Å². The Kier molecular flexibility index (Phi) is 3.84. The number of aryl methyl sites for hydroxylation is 1. The van der Waals surface area contributed by atoms with Crippen LogP contribution in [-0.2, 0) is 0 Å². The Morgan fingerprint density at radius 2 is 2.05 bits per heavy atom. The summed E-state index contributed by atoms with van der Waals surface area (Å²) in [5.41, 5.74) is 5.65. The lowest BCUT2D eigenvalue weighted by Gasteiger charge is -2.09. The van der Waals surface area contributed by atoms with Crippen LogP contribution in [0.3, 0.4) is 0 Å². The van der Waals surface area contributed by atoms with E-state index in [1.807, 2.05) is 0 Å². The van der Waals surface area contributed by atoms with Gasteiger partial charge in [-0.3, -0.25) is 14.9 Å². The normalized spacial score (nSPS) is 10.2. The highest BCUT2D eigenvalue weighted by Crippen LogP contribution is 2.27. The predicted molar refractivity (Wildman–Crippen MR) is 76.6 cm³/mol. The van der Waals surface area contributed by atoms with Crippen LogP contribution in [0.5, 0.6) is 0 Å². The van der Waals surface area contributed by atoms with Gasteiger partial charge in [-0.25, -0.2) is 4.39 Å². The van der Waals surface area contributed by atoms with Crippen molar-refractivity contribution in [3.63, 3.8) is 0 Å². The molecule has 0 bridgehead atoms. The van der Waals surface area contributed by atoms with Crippen LogP contribution in [0.4, 0.5) is 21.5 Å². The van der Waals surface area contributed by atoms with E-state index in [-0.39, 0.29) is 16.9 Å². The third-order valence-electron chi connectivity index (χ3n) is 2.94. The standard InChI is InChI=1S/C14H12FN3O3/c1-8-5-6-9(15)7-12(8)17-14(19)10-3-2-4-11(16)13(10)18(20)21/h2-7H,16H2,1H3,(H,17,19). The second kappa shape index (κ2) is 5.58. The van der Waals surface area contributed by atoms with Gasteiger partial charge in [-0.1, -0.05) is 12.1 Å². The molecule has 1 amide bonds. The first-order valence-electron chi connectivity index (χ1n) is 6.00. The molecule has 0 spiro atoms. The summed E-state index contributed by atoms with van der Waals surface area (Å²) < 4.78 is 13.2. The number of rotatable bonds is 3. The second-order valence-electron chi connectivity index (χ2n) is 4.41. The number of nitrogens with zero attached hydrogens (tertiary/aromatic N) is 1. The van der Waals surface area contributed by atoms with Gasteiger partial charge in [0.1, 0.15) is 17.1 Å². The maximum Gasteiger partial charge on any atom is 0.304 e. The van der Waals surface area contributed by atoms with E-state index < -0.39 is 22.3 Å². The average Bonchev–Trinajstić information content (AvgIpc) is 2.42. The summed E-state index contributed by atoms with van der Waals surface area (Å²) in [6.07, 6.45) is 0. The van der Waals surface area contributed by atoms with Gasteiger partial charge in [0, 0.05) is 5.69 Å². The zero-order valence-electron chi connectivity index (χ0n) is 11.1. The van der Waals surface area contributed by atoms with E-state index in [0.29, 0.717) is 5.56 Å². The topological polar surface area (TPSA) is 98.3 Å². The molecule has 7 heteroatoms. The molecule has 6 nitrogen and oxygen atoms in total. The van der Waals surface area contributed by atoms with Crippen LogP contribution in [0, 0.1) is 22.9 Å². The molecule has 0 heterocycles. The van der Waals surface area contributed by atoms with Gasteiger partial charge in [0.2, 0.25) is 0 Å². The van der Waals surface area contributed by atoms with Crippen LogP contribution in [-0.4, -0.2) is 10.8 Å². The summed E-state index contributed by atoms with van der Waals surface area (Å²) in [6.45, 7) is 1.68. The van der Waals surface area contributed by atoms with Crippen molar-refractivity contribution >= 4 is 23.0 Å². The molecule has 0 atom stereocenters. The smallest absolute Gasteiger partial charge is 0.304 e. The minimum Gasteiger partial charge on any atom is -0.393 e. The van der Waals surface area contributed by atoms with Gasteiger partial charge in [-0.15, -0.1) is 0 Å². The average molecular weight is 289 g/mol. The quantitative estimate of drug-likeness (QED) is 0.515. The van der Waals surface area contributed by atoms with Crippen molar-refractivity contribution in [2.75, 3.05) is 11.1 Å². The summed E-state index contributed by atoms with van der Waals surface area (Å²) >= 11 is 0. The van der Waals surface area contributed by atoms with Crippen molar-refractivity contribution < 1.29 is 14.1 Å². The highest BCUT2D eigenvalue weighted by atomic mass is 19.1. The van der Waals surface area contributed by atoms with E-state index in [1.165, 1.54) is 30.3 Å². The molecule has 108 valence electrons. The van der Waals surface area contributed by atoms with Gasteiger partial charge in [-0.05, 0) is 36.8 Å². The van der Waals surface area contributed by atoms with Crippen LogP contribution in [0.25, 0.3) is 0 Å². The summed E-state index contributed by atoms with van der Waals surface area (Å²) in [7, 11) is 0. The highest BCUT2D eigenvalue weighted by molar-refractivity contribution is 6.08. The Labute approximate surface area is 119 Å². The fourth-order valence-electron chi connectivity index (χ4n) is 1.87. The Bertz CT molecular complexity index is 731. The molecule has 21 heavy (non-hydrogen) atoms. The van der Waals surface area contributed by atoms with Crippen molar-refractivity contribution in [1.29, 1.82) is 0 Å². The molecule has 0 saturated carbocycles. The van der Waals surface area contributed by atoms with Crippen LogP contribution in [0.15, 0.2) is 36.4 Å². The molecular weight excluding hydrogens is 277 g/mol. The van der Waals surface area contributed by atoms with E-state index >= 15 is 0 Å². The minimum atomic E-state index is -0.720. The number of hydrogen-bond acceptors (Lipinski definition) is 4. The van der Waals surface area contributed by atoms with E-state index in [2.05, 4.69) is 5.32 Å². The maximum absolute atomic E-state index is 13.2. The molecule has 2 rings (SSSR count). The lowest BCUT2D eigenvalue weighted by molar-refractivity contribution is -0.384. The number of nitrogens with one attached hydrogen (secondary N) is 1. The monoisotopic (exact) mass is 289 g/mol. The molecular formula is C14H12FN3O3. The number of benzene rings is 2. The summed E-state index contributed by atoms with van der Waals surface area (Å²) in [5, 5.41) is 13.5. The van der Waals surface area contributed by atoms with Crippen LogP contribution in [0.1, 0.15) is 15.9 Å². The lowest BCUT2D eigenvalue weighted by atomic mass is 10.1. The number of nitro groups is 1. The third-order valence-corrected chi connectivity index (χ3v) is 2.94. The molecule has 0 unspecified atom stereocenters. The maximum atomic E-state index is 13.2. The molecule has 0 radical (unpaired) electrons. The number of nitrogens with two attached hydrogens (primary N) is 1. The second-order valence-corrected chi connectivity index (χ2v) is 4.41. The summed E-state index contributed by atoms with van der Waals surface area (Å²) in [6, 6.07) is 7.97. The molecule has 2 aromatic carbocycles.